The molecular weight excluding hydrogens is 500 g/mol. The second-order valence-corrected chi connectivity index (χ2v) is 10.1. The van der Waals surface area contributed by atoms with Crippen molar-refractivity contribution < 1.29 is 34.2 Å². The molecule has 0 fully saturated rings. The Morgan fingerprint density at radius 3 is 1.97 bits per heavy atom. The number of nitrogens with one attached hydrogen (secondary N) is 1. The van der Waals surface area contributed by atoms with Crippen molar-refractivity contribution in [3.8, 4) is 11.8 Å². The van der Waals surface area contributed by atoms with E-state index in [1.807, 2.05) is 13.8 Å². The van der Waals surface area contributed by atoms with E-state index >= 15 is 0 Å². The topological polar surface area (TPSA) is 127 Å². The van der Waals surface area contributed by atoms with Gasteiger partial charge in [-0.1, -0.05) is 59.1 Å². The summed E-state index contributed by atoms with van der Waals surface area (Å²) < 4.78 is 7.29. The van der Waals surface area contributed by atoms with Crippen LogP contribution in [0.15, 0.2) is 36.4 Å². The van der Waals surface area contributed by atoms with E-state index in [2.05, 4.69) is 19.2 Å². The van der Waals surface area contributed by atoms with Gasteiger partial charge < -0.3 is 25.1 Å². The molecule has 9 nitrogen and oxygen atoms in total. The standard InChI is InChI=1S/C30H44N2O7/c1-5-15-29(8-4,28(37)39-32-25(34)13-14-26(32)35)19-21-38-30(16-6-2,17-7-3)18-20-31-27(36)24-11-9-23(22-33)10-12-24/h9-14,22,34-35H,5-8,15-21H2,1-4H3,(H,31,36). The number of aromatic nitrogens is 1. The lowest BCUT2D eigenvalue weighted by Gasteiger charge is -2.36. The van der Waals surface area contributed by atoms with Crippen molar-refractivity contribution in [2.75, 3.05) is 13.2 Å². The number of aldehydes is 1. The van der Waals surface area contributed by atoms with Crippen molar-refractivity contribution in [2.24, 2.45) is 5.41 Å². The fraction of sp³-hybridized carbons (Fsp3) is 0.567. The van der Waals surface area contributed by atoms with Crippen LogP contribution in [0.25, 0.3) is 0 Å². The molecule has 1 aromatic carbocycles. The van der Waals surface area contributed by atoms with Crippen LogP contribution >= 0.6 is 0 Å². The fourth-order valence-electron chi connectivity index (χ4n) is 5.17. The van der Waals surface area contributed by atoms with E-state index in [0.29, 0.717) is 50.0 Å². The average molecular weight is 545 g/mol. The largest absolute Gasteiger partial charge is 0.492 e. The van der Waals surface area contributed by atoms with Crippen LogP contribution in [0, 0.1) is 5.41 Å². The zero-order valence-corrected chi connectivity index (χ0v) is 23.7. The maximum absolute atomic E-state index is 13.3. The fourth-order valence-corrected chi connectivity index (χ4v) is 5.17. The molecule has 0 saturated heterocycles. The summed E-state index contributed by atoms with van der Waals surface area (Å²) in [7, 11) is 0. The molecule has 0 aliphatic heterocycles. The van der Waals surface area contributed by atoms with Gasteiger partial charge in [0.05, 0.1) is 11.0 Å². The quantitative estimate of drug-likeness (QED) is 0.214. The molecule has 0 bridgehead atoms. The number of benzene rings is 1. The predicted octanol–water partition coefficient (Wildman–Crippen LogP) is 5.43. The Morgan fingerprint density at radius 1 is 0.872 bits per heavy atom. The lowest BCUT2D eigenvalue weighted by molar-refractivity contribution is -0.161. The minimum Gasteiger partial charge on any atom is -0.492 e. The molecular formula is C30H44N2O7. The van der Waals surface area contributed by atoms with E-state index < -0.39 is 17.0 Å². The Kier molecular flexibility index (Phi) is 12.5. The van der Waals surface area contributed by atoms with E-state index in [9.17, 15) is 24.6 Å². The van der Waals surface area contributed by atoms with Crippen LogP contribution in [0.5, 0.6) is 11.8 Å². The molecule has 216 valence electrons. The van der Waals surface area contributed by atoms with Gasteiger partial charge in [-0.2, -0.15) is 0 Å². The number of ether oxygens (including phenoxy) is 1. The van der Waals surface area contributed by atoms with Crippen molar-refractivity contribution in [1.82, 2.24) is 10.0 Å². The number of hydrogen-bond donors (Lipinski definition) is 3. The third-order valence-electron chi connectivity index (χ3n) is 7.39. The molecule has 39 heavy (non-hydrogen) atoms. The van der Waals surface area contributed by atoms with Crippen LogP contribution < -0.4 is 10.2 Å². The van der Waals surface area contributed by atoms with Gasteiger partial charge >= 0.3 is 5.97 Å². The van der Waals surface area contributed by atoms with Gasteiger partial charge in [-0.25, -0.2) is 4.79 Å². The van der Waals surface area contributed by atoms with Crippen LogP contribution in [-0.4, -0.2) is 51.9 Å². The van der Waals surface area contributed by atoms with E-state index in [1.54, 1.807) is 24.3 Å². The minimum atomic E-state index is -0.843. The van der Waals surface area contributed by atoms with Gasteiger partial charge in [0.15, 0.2) is 0 Å². The Labute approximate surface area is 231 Å². The number of rotatable bonds is 18. The maximum Gasteiger partial charge on any atom is 0.339 e. The molecule has 9 heteroatoms. The second-order valence-electron chi connectivity index (χ2n) is 10.1. The summed E-state index contributed by atoms with van der Waals surface area (Å²) >= 11 is 0. The Morgan fingerprint density at radius 2 is 1.46 bits per heavy atom. The first kappa shape index (κ1) is 31.9. The highest BCUT2D eigenvalue weighted by Crippen LogP contribution is 2.36. The molecule has 0 spiro atoms. The number of carbonyl (C=O) groups is 3. The molecule has 1 atom stereocenters. The van der Waals surface area contributed by atoms with Crippen molar-refractivity contribution >= 4 is 18.2 Å². The smallest absolute Gasteiger partial charge is 0.339 e. The number of carbonyl (C=O) groups excluding carboxylic acids is 3. The first-order chi connectivity index (χ1) is 18.7. The average Bonchev–Trinajstić information content (AvgIpc) is 3.24. The van der Waals surface area contributed by atoms with Crippen LogP contribution in [0.2, 0.25) is 0 Å². The molecule has 1 heterocycles. The molecule has 1 amide bonds. The number of nitrogens with zero attached hydrogens (tertiary/aromatic N) is 1. The summed E-state index contributed by atoms with van der Waals surface area (Å²) in [6.45, 7) is 8.87. The molecule has 0 aliphatic rings. The van der Waals surface area contributed by atoms with Crippen molar-refractivity contribution in [3.63, 3.8) is 0 Å². The van der Waals surface area contributed by atoms with E-state index in [4.69, 9.17) is 9.57 Å². The number of aromatic hydroxyl groups is 2. The van der Waals surface area contributed by atoms with E-state index in [-0.39, 0.29) is 17.7 Å². The molecule has 1 unspecified atom stereocenters. The van der Waals surface area contributed by atoms with Crippen molar-refractivity contribution in [2.45, 2.75) is 91.1 Å². The van der Waals surface area contributed by atoms with Gasteiger partial charge in [0, 0.05) is 36.4 Å². The van der Waals surface area contributed by atoms with Gasteiger partial charge in [0.25, 0.3) is 5.91 Å². The summed E-state index contributed by atoms with van der Waals surface area (Å²) in [6, 6.07) is 8.99. The maximum atomic E-state index is 13.3. The summed E-state index contributed by atoms with van der Waals surface area (Å²) in [5.74, 6) is -1.45. The highest BCUT2D eigenvalue weighted by molar-refractivity contribution is 5.94. The number of hydrogen-bond acceptors (Lipinski definition) is 7. The SMILES string of the molecule is CCCC(CCC)(CCNC(=O)c1ccc(C=O)cc1)OCCC(CC)(CCC)C(=O)On1c(O)ccc1O. The van der Waals surface area contributed by atoms with Gasteiger partial charge in [-0.15, -0.1) is 4.73 Å². The first-order valence-electron chi connectivity index (χ1n) is 14.0. The van der Waals surface area contributed by atoms with Crippen LogP contribution in [0.4, 0.5) is 0 Å². The predicted molar refractivity (Wildman–Crippen MR) is 149 cm³/mol. The molecule has 2 aromatic rings. The summed E-state index contributed by atoms with van der Waals surface area (Å²) in [5.41, 5.74) is -0.292. The van der Waals surface area contributed by atoms with Gasteiger partial charge in [-0.3, -0.25) is 9.59 Å². The summed E-state index contributed by atoms with van der Waals surface area (Å²) in [4.78, 5) is 42.2. The summed E-state index contributed by atoms with van der Waals surface area (Å²) in [5, 5.41) is 22.8. The van der Waals surface area contributed by atoms with E-state index in [1.165, 1.54) is 12.1 Å². The number of amides is 1. The molecule has 0 saturated carbocycles. The zero-order valence-electron chi connectivity index (χ0n) is 23.7. The van der Waals surface area contributed by atoms with Crippen LogP contribution in [0.3, 0.4) is 0 Å². The Hall–Kier alpha value is -3.33. The lowest BCUT2D eigenvalue weighted by Crippen LogP contribution is -2.41. The van der Waals surface area contributed by atoms with Crippen molar-refractivity contribution in [3.05, 3.63) is 47.5 Å². The first-order valence-corrected chi connectivity index (χ1v) is 14.0. The van der Waals surface area contributed by atoms with Gasteiger partial charge in [0.1, 0.15) is 6.29 Å². The molecule has 3 N–H and O–H groups in total. The minimum absolute atomic E-state index is 0.207. The van der Waals surface area contributed by atoms with Crippen LogP contribution in [0.1, 0.15) is 106 Å². The van der Waals surface area contributed by atoms with Gasteiger partial charge in [0.2, 0.25) is 11.8 Å². The monoisotopic (exact) mass is 544 g/mol. The summed E-state index contributed by atoms with van der Waals surface area (Å²) in [6.07, 6.45) is 7.05. The highest BCUT2D eigenvalue weighted by Gasteiger charge is 2.40. The third kappa shape index (κ3) is 8.58. The second kappa shape index (κ2) is 15.3. The van der Waals surface area contributed by atoms with Crippen molar-refractivity contribution in [1.29, 1.82) is 0 Å². The molecule has 2 rings (SSSR count). The highest BCUT2D eigenvalue weighted by atomic mass is 16.7. The molecule has 1 aromatic heterocycles. The Balaban J connectivity index is 2.09. The third-order valence-corrected chi connectivity index (χ3v) is 7.39. The zero-order chi connectivity index (χ0) is 28.9. The van der Waals surface area contributed by atoms with E-state index in [0.717, 1.165) is 43.1 Å². The normalized spacial score (nSPS) is 13.0. The van der Waals surface area contributed by atoms with Gasteiger partial charge in [-0.05, 0) is 50.7 Å². The lowest BCUT2D eigenvalue weighted by atomic mass is 9.78. The molecule has 0 radical (unpaired) electrons. The Bertz CT molecular complexity index is 1040. The molecule has 0 aliphatic carbocycles. The van der Waals surface area contributed by atoms with Crippen LogP contribution in [-0.2, 0) is 9.53 Å².